The highest BCUT2D eigenvalue weighted by molar-refractivity contribution is 5.85. The Morgan fingerprint density at radius 2 is 2.11 bits per heavy atom. The fourth-order valence-corrected chi connectivity index (χ4v) is 3.21. The molecule has 1 atom stereocenters. The van der Waals surface area contributed by atoms with E-state index in [0.717, 1.165) is 31.5 Å². The van der Waals surface area contributed by atoms with Crippen molar-refractivity contribution < 1.29 is 4.79 Å². The summed E-state index contributed by atoms with van der Waals surface area (Å²) in [6.07, 6.45) is 6.49. The number of aryl methyl sites for hydroxylation is 2. The number of nitrogens with two attached hydrogens (primary N) is 2. The Morgan fingerprint density at radius 3 is 2.74 bits per heavy atom. The molecule has 4 N–H and O–H groups in total. The van der Waals surface area contributed by atoms with E-state index in [0.29, 0.717) is 6.54 Å². The number of imidazole rings is 1. The number of amides is 1. The van der Waals surface area contributed by atoms with Gasteiger partial charge in [0.1, 0.15) is 11.4 Å². The van der Waals surface area contributed by atoms with Crippen molar-refractivity contribution in [2.24, 2.45) is 17.4 Å². The van der Waals surface area contributed by atoms with Crippen LogP contribution in [0.25, 0.3) is 0 Å². The first-order valence-electron chi connectivity index (χ1n) is 7.16. The van der Waals surface area contributed by atoms with Gasteiger partial charge in [-0.05, 0) is 51.4 Å². The lowest BCUT2D eigenvalue weighted by molar-refractivity contribution is -0.124. The topological polar surface area (TPSA) is 86.9 Å². The second-order valence-electron chi connectivity index (χ2n) is 6.02. The first-order chi connectivity index (χ1) is 9.02. The van der Waals surface area contributed by atoms with Crippen LogP contribution >= 0.6 is 0 Å². The zero-order chi connectivity index (χ0) is 13.6. The molecule has 1 aromatic heterocycles. The minimum atomic E-state index is -0.906. The van der Waals surface area contributed by atoms with E-state index in [9.17, 15) is 4.79 Å². The van der Waals surface area contributed by atoms with Gasteiger partial charge in [0.05, 0.1) is 12.2 Å². The van der Waals surface area contributed by atoms with Crippen LogP contribution in [-0.4, -0.2) is 21.0 Å². The van der Waals surface area contributed by atoms with Gasteiger partial charge in [0.2, 0.25) is 5.91 Å². The van der Waals surface area contributed by atoms with Crippen molar-refractivity contribution in [1.82, 2.24) is 9.55 Å². The highest BCUT2D eigenvalue weighted by atomic mass is 16.1. The number of rotatable bonds is 4. The van der Waals surface area contributed by atoms with Gasteiger partial charge in [-0.15, -0.1) is 0 Å². The van der Waals surface area contributed by atoms with E-state index in [4.69, 9.17) is 11.5 Å². The summed E-state index contributed by atoms with van der Waals surface area (Å²) in [7, 11) is 0. The molecule has 104 valence electrons. The van der Waals surface area contributed by atoms with E-state index in [1.165, 1.54) is 24.2 Å². The molecule has 1 aromatic rings. The molecular weight excluding hydrogens is 240 g/mol. The van der Waals surface area contributed by atoms with Crippen LogP contribution in [0.2, 0.25) is 0 Å². The summed E-state index contributed by atoms with van der Waals surface area (Å²) in [5, 5.41) is 0. The van der Waals surface area contributed by atoms with Crippen molar-refractivity contribution in [3.8, 4) is 0 Å². The number of nitrogens with zero attached hydrogens (tertiary/aromatic N) is 2. The Kier molecular flexibility index (Phi) is 2.89. The molecular formula is C14H22N4O. The van der Waals surface area contributed by atoms with Gasteiger partial charge in [-0.2, -0.15) is 0 Å². The minimum absolute atomic E-state index is 0.242. The molecule has 2 aliphatic rings. The van der Waals surface area contributed by atoms with E-state index in [1.807, 2.05) is 6.92 Å². The van der Waals surface area contributed by atoms with Gasteiger partial charge < -0.3 is 16.0 Å². The van der Waals surface area contributed by atoms with E-state index in [2.05, 4.69) is 9.55 Å². The van der Waals surface area contributed by atoms with Gasteiger partial charge >= 0.3 is 0 Å². The van der Waals surface area contributed by atoms with Crippen LogP contribution in [0.3, 0.4) is 0 Å². The molecule has 1 unspecified atom stereocenters. The average molecular weight is 262 g/mol. The van der Waals surface area contributed by atoms with Gasteiger partial charge in [-0.25, -0.2) is 4.98 Å². The quantitative estimate of drug-likeness (QED) is 0.835. The summed E-state index contributed by atoms with van der Waals surface area (Å²) in [4.78, 5) is 16.4. The summed E-state index contributed by atoms with van der Waals surface area (Å²) in [6, 6.07) is 0. The van der Waals surface area contributed by atoms with Crippen LogP contribution in [0, 0.1) is 12.8 Å². The summed E-state index contributed by atoms with van der Waals surface area (Å²) in [6.45, 7) is 2.48. The number of hydrogen-bond acceptors (Lipinski definition) is 3. The summed E-state index contributed by atoms with van der Waals surface area (Å²) < 4.78 is 2.14. The second kappa shape index (κ2) is 4.34. The maximum atomic E-state index is 11.8. The molecule has 1 fully saturated rings. The second-order valence-corrected chi connectivity index (χ2v) is 6.02. The number of fused-ring (bicyclic) bond motifs is 1. The molecule has 5 heteroatoms. The summed E-state index contributed by atoms with van der Waals surface area (Å²) in [5.74, 6) is 0.822. The van der Waals surface area contributed by atoms with E-state index < -0.39 is 5.54 Å². The SMILES string of the molecule is Cc1nc2c(n1CC(N)(C(N)=O)C1CC1)CCCC2. The van der Waals surface area contributed by atoms with Gasteiger partial charge in [0.15, 0.2) is 0 Å². The number of aromatic nitrogens is 2. The molecule has 0 aliphatic heterocycles. The molecule has 0 aromatic carbocycles. The lowest BCUT2D eigenvalue weighted by Crippen LogP contribution is -2.57. The summed E-state index contributed by atoms with van der Waals surface area (Å²) >= 11 is 0. The smallest absolute Gasteiger partial charge is 0.239 e. The highest BCUT2D eigenvalue weighted by Crippen LogP contribution is 2.39. The molecule has 3 rings (SSSR count). The molecule has 0 bridgehead atoms. The lowest BCUT2D eigenvalue weighted by atomic mass is 9.92. The average Bonchev–Trinajstić information content (AvgIpc) is 3.17. The Bertz CT molecular complexity index is 518. The van der Waals surface area contributed by atoms with Crippen molar-refractivity contribution in [3.05, 3.63) is 17.2 Å². The molecule has 19 heavy (non-hydrogen) atoms. The van der Waals surface area contributed by atoms with Crippen molar-refractivity contribution in [2.75, 3.05) is 0 Å². The van der Waals surface area contributed by atoms with Crippen LogP contribution in [0.5, 0.6) is 0 Å². The third-order valence-electron chi connectivity index (χ3n) is 4.61. The van der Waals surface area contributed by atoms with Crippen molar-refractivity contribution in [2.45, 2.75) is 57.5 Å². The fourth-order valence-electron chi connectivity index (χ4n) is 3.21. The minimum Gasteiger partial charge on any atom is -0.368 e. The molecule has 1 amide bonds. The first kappa shape index (κ1) is 12.7. The molecule has 1 saturated carbocycles. The largest absolute Gasteiger partial charge is 0.368 e. The third-order valence-corrected chi connectivity index (χ3v) is 4.61. The Labute approximate surface area is 113 Å². The van der Waals surface area contributed by atoms with Crippen LogP contribution < -0.4 is 11.5 Å². The lowest BCUT2D eigenvalue weighted by Gasteiger charge is -2.28. The molecule has 2 aliphatic carbocycles. The van der Waals surface area contributed by atoms with Gasteiger partial charge in [-0.3, -0.25) is 4.79 Å². The molecule has 1 heterocycles. The standard InChI is InChI=1S/C14H22N4O/c1-9-17-11-4-2-3-5-12(11)18(9)8-14(16,13(15)19)10-6-7-10/h10H,2-8,16H2,1H3,(H2,15,19). The normalized spacial score (nSPS) is 21.8. The van der Waals surface area contributed by atoms with Crippen molar-refractivity contribution >= 4 is 5.91 Å². The predicted molar refractivity (Wildman–Crippen MR) is 72.4 cm³/mol. The monoisotopic (exact) mass is 262 g/mol. The Morgan fingerprint density at radius 1 is 1.42 bits per heavy atom. The number of carbonyl (C=O) groups is 1. The van der Waals surface area contributed by atoms with Crippen molar-refractivity contribution in [1.29, 1.82) is 0 Å². The molecule has 0 spiro atoms. The summed E-state index contributed by atoms with van der Waals surface area (Å²) in [5.41, 5.74) is 13.4. The molecule has 0 saturated heterocycles. The maximum Gasteiger partial charge on any atom is 0.239 e. The highest BCUT2D eigenvalue weighted by Gasteiger charge is 2.47. The Hall–Kier alpha value is -1.36. The number of hydrogen-bond donors (Lipinski definition) is 2. The van der Waals surface area contributed by atoms with Crippen LogP contribution in [-0.2, 0) is 24.2 Å². The van der Waals surface area contributed by atoms with E-state index in [1.54, 1.807) is 0 Å². The van der Waals surface area contributed by atoms with Gasteiger partial charge in [0, 0.05) is 5.69 Å². The van der Waals surface area contributed by atoms with Crippen LogP contribution in [0.1, 0.15) is 42.9 Å². The first-order valence-corrected chi connectivity index (χ1v) is 7.16. The molecule has 5 nitrogen and oxygen atoms in total. The van der Waals surface area contributed by atoms with Crippen molar-refractivity contribution in [3.63, 3.8) is 0 Å². The van der Waals surface area contributed by atoms with E-state index in [-0.39, 0.29) is 11.8 Å². The zero-order valence-electron chi connectivity index (χ0n) is 11.5. The maximum absolute atomic E-state index is 11.8. The van der Waals surface area contributed by atoms with E-state index >= 15 is 0 Å². The predicted octanol–water partition coefficient (Wildman–Crippen LogP) is 0.663. The van der Waals surface area contributed by atoms with Crippen LogP contribution in [0.15, 0.2) is 0 Å². The zero-order valence-corrected chi connectivity index (χ0v) is 11.5. The van der Waals surface area contributed by atoms with Gasteiger partial charge in [0.25, 0.3) is 0 Å². The molecule has 0 radical (unpaired) electrons. The third kappa shape index (κ3) is 2.06. The van der Waals surface area contributed by atoms with Crippen LogP contribution in [0.4, 0.5) is 0 Å². The number of carbonyl (C=O) groups excluding carboxylic acids is 1. The van der Waals surface area contributed by atoms with Gasteiger partial charge in [-0.1, -0.05) is 0 Å². The Balaban J connectivity index is 1.94. The fraction of sp³-hybridized carbons (Fsp3) is 0.714. The number of primary amides is 1.